The summed E-state index contributed by atoms with van der Waals surface area (Å²) in [5.74, 6) is 1.66. The van der Waals surface area contributed by atoms with Crippen molar-refractivity contribution in [3.63, 3.8) is 0 Å². The number of carbonyl (C=O) groups is 1. The summed E-state index contributed by atoms with van der Waals surface area (Å²) in [5, 5.41) is 12.4. The van der Waals surface area contributed by atoms with Gasteiger partial charge in [0.05, 0.1) is 12.2 Å². The van der Waals surface area contributed by atoms with Crippen LogP contribution in [0.25, 0.3) is 0 Å². The molecule has 1 aromatic carbocycles. The number of hydrogen-bond donors (Lipinski definition) is 2. The van der Waals surface area contributed by atoms with Crippen LogP contribution in [0.1, 0.15) is 42.5 Å². The second-order valence-corrected chi connectivity index (χ2v) is 7.48. The standard InChI is InChI=1S/C21H25ClN2O3/c22-19-12-17(14-24-21(19)26)20(25)23-13-16-8-6-15(7-9-16)10-11-27-18-4-2-1-3-5-18/h1-5,12,14-16H,6-11,13H2,(H,23,25)(H,24,26). The first-order valence-corrected chi connectivity index (χ1v) is 9.80. The predicted octanol–water partition coefficient (Wildman–Crippen LogP) is 4.45. The first kappa shape index (κ1) is 19.5. The van der Waals surface area contributed by atoms with Gasteiger partial charge in [-0.25, -0.2) is 4.98 Å². The molecule has 0 radical (unpaired) electrons. The van der Waals surface area contributed by atoms with E-state index in [1.54, 1.807) is 0 Å². The van der Waals surface area contributed by atoms with Gasteiger partial charge < -0.3 is 15.2 Å². The molecule has 1 fully saturated rings. The quantitative estimate of drug-likeness (QED) is 0.735. The third-order valence-corrected chi connectivity index (χ3v) is 5.42. The van der Waals surface area contributed by atoms with Gasteiger partial charge in [-0.1, -0.05) is 29.8 Å². The van der Waals surface area contributed by atoms with Crippen LogP contribution in [0.4, 0.5) is 0 Å². The van der Waals surface area contributed by atoms with Crippen LogP contribution in [-0.4, -0.2) is 29.1 Å². The Hall–Kier alpha value is -2.27. The van der Waals surface area contributed by atoms with Crippen molar-refractivity contribution < 1.29 is 14.6 Å². The van der Waals surface area contributed by atoms with Crippen molar-refractivity contribution >= 4 is 17.5 Å². The van der Waals surface area contributed by atoms with Crippen molar-refractivity contribution in [2.24, 2.45) is 11.8 Å². The van der Waals surface area contributed by atoms with Crippen LogP contribution < -0.4 is 10.1 Å². The largest absolute Gasteiger partial charge is 0.494 e. The zero-order chi connectivity index (χ0) is 19.1. The second kappa shape index (κ2) is 9.60. The average molecular weight is 389 g/mol. The Labute approximate surface area is 164 Å². The minimum atomic E-state index is -0.261. The minimum Gasteiger partial charge on any atom is -0.494 e. The molecule has 144 valence electrons. The molecule has 0 saturated heterocycles. The molecule has 0 spiro atoms. The molecule has 0 unspecified atom stereocenters. The molecule has 0 aliphatic heterocycles. The van der Waals surface area contributed by atoms with E-state index in [1.165, 1.54) is 25.1 Å². The van der Waals surface area contributed by atoms with Gasteiger partial charge in [0.15, 0.2) is 0 Å². The number of ether oxygens (including phenoxy) is 1. The lowest BCUT2D eigenvalue weighted by Crippen LogP contribution is -2.31. The number of pyridine rings is 1. The molecule has 1 saturated carbocycles. The maximum atomic E-state index is 12.2. The topological polar surface area (TPSA) is 71.5 Å². The van der Waals surface area contributed by atoms with E-state index in [1.807, 2.05) is 30.3 Å². The number of amides is 1. The fourth-order valence-corrected chi connectivity index (χ4v) is 3.64. The highest BCUT2D eigenvalue weighted by molar-refractivity contribution is 6.32. The van der Waals surface area contributed by atoms with Crippen LogP contribution in [0.2, 0.25) is 5.02 Å². The number of carbonyl (C=O) groups excluding carboxylic acids is 1. The predicted molar refractivity (Wildman–Crippen MR) is 105 cm³/mol. The number of aromatic nitrogens is 1. The van der Waals surface area contributed by atoms with Gasteiger partial charge in [0.25, 0.3) is 5.91 Å². The van der Waals surface area contributed by atoms with Gasteiger partial charge in [0.2, 0.25) is 5.88 Å². The molecule has 1 amide bonds. The number of rotatable bonds is 7. The van der Waals surface area contributed by atoms with E-state index in [2.05, 4.69) is 10.3 Å². The first-order valence-electron chi connectivity index (χ1n) is 9.42. The number of nitrogens with zero attached hydrogens (tertiary/aromatic N) is 1. The van der Waals surface area contributed by atoms with E-state index >= 15 is 0 Å². The lowest BCUT2D eigenvalue weighted by Gasteiger charge is -2.28. The minimum absolute atomic E-state index is 0.0841. The van der Waals surface area contributed by atoms with Crippen LogP contribution in [0.5, 0.6) is 11.6 Å². The van der Waals surface area contributed by atoms with Crippen molar-refractivity contribution in [2.45, 2.75) is 32.1 Å². The number of benzene rings is 1. The third kappa shape index (κ3) is 5.86. The van der Waals surface area contributed by atoms with Gasteiger partial charge in [-0.05, 0) is 62.1 Å². The molecule has 2 aromatic rings. The van der Waals surface area contributed by atoms with Gasteiger partial charge in [-0.2, -0.15) is 0 Å². The lowest BCUT2D eigenvalue weighted by molar-refractivity contribution is 0.0940. The van der Waals surface area contributed by atoms with Gasteiger partial charge >= 0.3 is 0 Å². The maximum absolute atomic E-state index is 12.2. The third-order valence-electron chi connectivity index (χ3n) is 5.14. The van der Waals surface area contributed by atoms with Gasteiger partial charge in [0, 0.05) is 12.7 Å². The molecule has 0 atom stereocenters. The van der Waals surface area contributed by atoms with Crippen molar-refractivity contribution in [2.75, 3.05) is 13.2 Å². The Morgan fingerprint density at radius 1 is 1.19 bits per heavy atom. The van der Waals surface area contributed by atoms with E-state index in [4.69, 9.17) is 16.3 Å². The van der Waals surface area contributed by atoms with Gasteiger partial charge in [-0.3, -0.25) is 4.79 Å². The fraction of sp³-hybridized carbons (Fsp3) is 0.429. The number of para-hydroxylation sites is 1. The average Bonchev–Trinajstić information content (AvgIpc) is 2.70. The SMILES string of the molecule is O=C(NCC1CCC(CCOc2ccccc2)CC1)c1cnc(O)c(Cl)c1. The van der Waals surface area contributed by atoms with Crippen LogP contribution in [0.3, 0.4) is 0 Å². The monoisotopic (exact) mass is 388 g/mol. The summed E-state index contributed by atoms with van der Waals surface area (Å²) >= 11 is 5.80. The molecule has 1 aromatic heterocycles. The Kier molecular flexibility index (Phi) is 6.93. The number of halogens is 1. The maximum Gasteiger partial charge on any atom is 0.252 e. The smallest absolute Gasteiger partial charge is 0.252 e. The molecule has 0 bridgehead atoms. The van der Waals surface area contributed by atoms with E-state index in [0.29, 0.717) is 23.9 Å². The van der Waals surface area contributed by atoms with E-state index in [0.717, 1.165) is 31.6 Å². The van der Waals surface area contributed by atoms with E-state index in [-0.39, 0.29) is 16.8 Å². The zero-order valence-electron chi connectivity index (χ0n) is 15.2. The van der Waals surface area contributed by atoms with Gasteiger partial charge in [0.1, 0.15) is 10.8 Å². The van der Waals surface area contributed by atoms with Crippen molar-refractivity contribution in [1.29, 1.82) is 0 Å². The van der Waals surface area contributed by atoms with Crippen molar-refractivity contribution in [1.82, 2.24) is 10.3 Å². The van der Waals surface area contributed by atoms with E-state index in [9.17, 15) is 9.90 Å². The molecule has 1 aliphatic carbocycles. The highest BCUT2D eigenvalue weighted by atomic mass is 35.5. The van der Waals surface area contributed by atoms with Crippen LogP contribution >= 0.6 is 11.6 Å². The number of nitrogens with one attached hydrogen (secondary N) is 1. The van der Waals surface area contributed by atoms with E-state index < -0.39 is 0 Å². The first-order chi connectivity index (χ1) is 13.1. The molecule has 3 rings (SSSR count). The van der Waals surface area contributed by atoms with Crippen molar-refractivity contribution in [3.05, 3.63) is 53.2 Å². The summed E-state index contributed by atoms with van der Waals surface area (Å²) in [6, 6.07) is 11.4. The summed E-state index contributed by atoms with van der Waals surface area (Å²) in [6.45, 7) is 1.41. The Morgan fingerprint density at radius 2 is 1.89 bits per heavy atom. The molecule has 1 heterocycles. The Morgan fingerprint density at radius 3 is 2.59 bits per heavy atom. The summed E-state index contributed by atoms with van der Waals surface area (Å²) in [6.07, 6.45) is 6.98. The molecule has 1 aliphatic rings. The Balaban J connectivity index is 1.34. The summed E-state index contributed by atoms with van der Waals surface area (Å²) < 4.78 is 5.79. The molecule has 6 heteroatoms. The Bertz CT molecular complexity index is 746. The van der Waals surface area contributed by atoms with Crippen LogP contribution in [0, 0.1) is 11.8 Å². The molecule has 27 heavy (non-hydrogen) atoms. The molecule has 5 nitrogen and oxygen atoms in total. The summed E-state index contributed by atoms with van der Waals surface area (Å²) in [5.41, 5.74) is 0.365. The summed E-state index contributed by atoms with van der Waals surface area (Å²) in [4.78, 5) is 15.9. The second-order valence-electron chi connectivity index (χ2n) is 7.08. The molecular formula is C21H25ClN2O3. The van der Waals surface area contributed by atoms with Crippen molar-refractivity contribution in [3.8, 4) is 11.6 Å². The number of hydrogen-bond acceptors (Lipinski definition) is 4. The highest BCUT2D eigenvalue weighted by Crippen LogP contribution is 2.30. The van der Waals surface area contributed by atoms with Gasteiger partial charge in [-0.15, -0.1) is 0 Å². The molecular weight excluding hydrogens is 364 g/mol. The van der Waals surface area contributed by atoms with Crippen LogP contribution in [-0.2, 0) is 0 Å². The normalized spacial score (nSPS) is 19.4. The fourth-order valence-electron chi connectivity index (χ4n) is 3.48. The van der Waals surface area contributed by atoms with Crippen LogP contribution in [0.15, 0.2) is 42.6 Å². The highest BCUT2D eigenvalue weighted by Gasteiger charge is 2.22. The molecule has 2 N–H and O–H groups in total. The lowest BCUT2D eigenvalue weighted by atomic mass is 9.80. The number of aromatic hydroxyl groups is 1. The summed E-state index contributed by atoms with van der Waals surface area (Å²) in [7, 11) is 0. The zero-order valence-corrected chi connectivity index (χ0v) is 16.0.